The molecule has 68 valence electrons. The molecule has 1 fully saturated rings. The van der Waals surface area contributed by atoms with E-state index in [4.69, 9.17) is 21.6 Å². The zero-order valence-electron chi connectivity index (χ0n) is 7.16. The van der Waals surface area contributed by atoms with Gasteiger partial charge >= 0.3 is 0 Å². The highest BCUT2D eigenvalue weighted by Gasteiger charge is 2.21. The molecular weight excluding hydrogens is 176 g/mol. The van der Waals surface area contributed by atoms with E-state index in [0.29, 0.717) is 12.6 Å². The largest absolute Gasteiger partial charge is 0.380 e. The summed E-state index contributed by atoms with van der Waals surface area (Å²) in [6.07, 6.45) is 1.05. The molecule has 3 nitrogen and oxygen atoms in total. The van der Waals surface area contributed by atoms with Gasteiger partial charge in [0, 0.05) is 19.2 Å². The topological polar surface area (TPSA) is 36.3 Å². The molecule has 0 N–H and O–H groups in total. The molecule has 0 bridgehead atoms. The van der Waals surface area contributed by atoms with Crippen molar-refractivity contribution in [1.29, 1.82) is 5.26 Å². The number of rotatable bonds is 3. The summed E-state index contributed by atoms with van der Waals surface area (Å²) in [6.45, 7) is 2.21. The summed E-state index contributed by atoms with van der Waals surface area (Å²) in [4.78, 5) is 2.09. The number of hydrogen-bond donors (Lipinski definition) is 0. The molecule has 1 rings (SSSR count). The highest BCUT2D eigenvalue weighted by molar-refractivity contribution is 6.22. The van der Waals surface area contributed by atoms with E-state index in [1.165, 1.54) is 0 Å². The first-order valence-corrected chi connectivity index (χ1v) is 4.49. The lowest BCUT2D eigenvalue weighted by atomic mass is 10.2. The summed E-state index contributed by atoms with van der Waals surface area (Å²) in [6, 6.07) is 2.45. The molecule has 0 saturated carbocycles. The van der Waals surface area contributed by atoms with E-state index in [2.05, 4.69) is 4.90 Å². The summed E-state index contributed by atoms with van der Waals surface area (Å²) < 4.78 is 5.23. The summed E-state index contributed by atoms with van der Waals surface area (Å²) in [7, 11) is 1.98. The van der Waals surface area contributed by atoms with E-state index >= 15 is 0 Å². The molecule has 2 unspecified atom stereocenters. The molecule has 0 aromatic heterocycles. The molecule has 0 spiro atoms. The standard InChI is InChI=1S/C8H13ClN2O/c1-11(5-7(9)4-10)8-2-3-12-6-8/h7-8H,2-3,5-6H2,1H3. The Kier molecular flexibility index (Phi) is 3.80. The van der Waals surface area contributed by atoms with Crippen molar-refractivity contribution in [3.63, 3.8) is 0 Å². The Morgan fingerprint density at radius 3 is 3.08 bits per heavy atom. The van der Waals surface area contributed by atoms with Crippen molar-refractivity contribution < 1.29 is 4.74 Å². The number of nitrogens with zero attached hydrogens (tertiary/aromatic N) is 2. The Morgan fingerprint density at radius 1 is 1.83 bits per heavy atom. The number of likely N-dealkylation sites (N-methyl/N-ethyl adjacent to an activating group) is 1. The van der Waals surface area contributed by atoms with Gasteiger partial charge in [0.1, 0.15) is 5.38 Å². The fourth-order valence-corrected chi connectivity index (χ4v) is 1.53. The molecule has 0 amide bonds. The van der Waals surface area contributed by atoms with E-state index in [1.54, 1.807) is 0 Å². The lowest BCUT2D eigenvalue weighted by molar-refractivity contribution is 0.161. The van der Waals surface area contributed by atoms with Crippen LogP contribution in [0.4, 0.5) is 0 Å². The molecule has 2 atom stereocenters. The van der Waals surface area contributed by atoms with Gasteiger partial charge in [0.25, 0.3) is 0 Å². The van der Waals surface area contributed by atoms with Crippen LogP contribution < -0.4 is 0 Å². The summed E-state index contributed by atoms with van der Waals surface area (Å²) >= 11 is 5.69. The molecule has 0 radical (unpaired) electrons. The quantitative estimate of drug-likeness (QED) is 0.616. The first kappa shape index (κ1) is 9.79. The molecule has 1 aliphatic heterocycles. The zero-order valence-corrected chi connectivity index (χ0v) is 7.92. The monoisotopic (exact) mass is 188 g/mol. The molecule has 1 saturated heterocycles. The third kappa shape index (κ3) is 2.63. The van der Waals surface area contributed by atoms with Gasteiger partial charge < -0.3 is 4.74 Å². The van der Waals surface area contributed by atoms with E-state index in [-0.39, 0.29) is 0 Å². The minimum Gasteiger partial charge on any atom is -0.380 e. The van der Waals surface area contributed by atoms with E-state index in [9.17, 15) is 0 Å². The average Bonchev–Trinajstić information content (AvgIpc) is 2.56. The van der Waals surface area contributed by atoms with Crippen molar-refractivity contribution in [3.05, 3.63) is 0 Å². The highest BCUT2D eigenvalue weighted by atomic mass is 35.5. The maximum absolute atomic E-state index is 8.49. The minimum atomic E-state index is -0.407. The molecule has 1 heterocycles. The van der Waals surface area contributed by atoms with Crippen LogP contribution in [0.2, 0.25) is 0 Å². The van der Waals surface area contributed by atoms with Crippen molar-refractivity contribution in [1.82, 2.24) is 4.90 Å². The van der Waals surface area contributed by atoms with Gasteiger partial charge in [-0.2, -0.15) is 5.26 Å². The maximum atomic E-state index is 8.49. The fourth-order valence-electron chi connectivity index (χ4n) is 1.31. The van der Waals surface area contributed by atoms with Gasteiger partial charge in [0.15, 0.2) is 0 Å². The van der Waals surface area contributed by atoms with Gasteiger partial charge in [-0.1, -0.05) is 0 Å². The third-order valence-corrected chi connectivity index (χ3v) is 2.35. The first-order chi connectivity index (χ1) is 5.74. The molecule has 12 heavy (non-hydrogen) atoms. The zero-order chi connectivity index (χ0) is 8.97. The summed E-state index contributed by atoms with van der Waals surface area (Å²) in [5.41, 5.74) is 0. The lowest BCUT2D eigenvalue weighted by Crippen LogP contribution is -2.35. The second-order valence-electron chi connectivity index (χ2n) is 3.05. The number of alkyl halides is 1. The second kappa shape index (κ2) is 4.66. The Hall–Kier alpha value is -0.300. The predicted molar refractivity (Wildman–Crippen MR) is 47.1 cm³/mol. The molecule has 4 heteroatoms. The van der Waals surface area contributed by atoms with Gasteiger partial charge in [-0.3, -0.25) is 4.90 Å². The molecule has 1 aliphatic rings. The van der Waals surface area contributed by atoms with E-state index < -0.39 is 5.38 Å². The normalized spacial score (nSPS) is 25.7. The van der Waals surface area contributed by atoms with Crippen LogP contribution >= 0.6 is 11.6 Å². The first-order valence-electron chi connectivity index (χ1n) is 4.05. The Morgan fingerprint density at radius 2 is 2.58 bits per heavy atom. The van der Waals surface area contributed by atoms with E-state index in [1.807, 2.05) is 13.1 Å². The second-order valence-corrected chi connectivity index (χ2v) is 3.58. The van der Waals surface area contributed by atoms with Crippen LogP contribution in [0.1, 0.15) is 6.42 Å². The maximum Gasteiger partial charge on any atom is 0.133 e. The van der Waals surface area contributed by atoms with Crippen molar-refractivity contribution in [2.45, 2.75) is 17.8 Å². The summed E-state index contributed by atoms with van der Waals surface area (Å²) in [5, 5.41) is 8.08. The van der Waals surface area contributed by atoms with Crippen LogP contribution in [-0.4, -0.2) is 43.1 Å². The Labute approximate surface area is 77.9 Å². The van der Waals surface area contributed by atoms with Gasteiger partial charge in [-0.05, 0) is 13.5 Å². The van der Waals surface area contributed by atoms with Crippen molar-refractivity contribution >= 4 is 11.6 Å². The van der Waals surface area contributed by atoms with Crippen LogP contribution in [0.25, 0.3) is 0 Å². The minimum absolute atomic E-state index is 0.407. The van der Waals surface area contributed by atoms with Gasteiger partial charge in [-0.15, -0.1) is 11.6 Å². The number of halogens is 1. The summed E-state index contributed by atoms with van der Waals surface area (Å²) in [5.74, 6) is 0. The third-order valence-electron chi connectivity index (χ3n) is 2.12. The molecule has 0 aromatic rings. The highest BCUT2D eigenvalue weighted by Crippen LogP contribution is 2.11. The lowest BCUT2D eigenvalue weighted by Gasteiger charge is -2.22. The Bertz CT molecular complexity index is 174. The van der Waals surface area contributed by atoms with Gasteiger partial charge in [0.2, 0.25) is 0 Å². The average molecular weight is 189 g/mol. The van der Waals surface area contributed by atoms with Crippen molar-refractivity contribution in [2.75, 3.05) is 26.8 Å². The predicted octanol–water partition coefficient (Wildman–Crippen LogP) is 0.838. The van der Waals surface area contributed by atoms with Crippen molar-refractivity contribution in [3.8, 4) is 6.07 Å². The van der Waals surface area contributed by atoms with Crippen LogP contribution in [0.15, 0.2) is 0 Å². The smallest absolute Gasteiger partial charge is 0.133 e. The van der Waals surface area contributed by atoms with Crippen LogP contribution in [0.5, 0.6) is 0 Å². The van der Waals surface area contributed by atoms with Crippen LogP contribution in [0, 0.1) is 11.3 Å². The van der Waals surface area contributed by atoms with Crippen LogP contribution in [0.3, 0.4) is 0 Å². The SMILES string of the molecule is CN(CC(Cl)C#N)C1CCOC1. The van der Waals surface area contributed by atoms with Gasteiger partial charge in [-0.25, -0.2) is 0 Å². The fraction of sp³-hybridized carbons (Fsp3) is 0.875. The number of nitriles is 1. The van der Waals surface area contributed by atoms with E-state index in [0.717, 1.165) is 19.6 Å². The Balaban J connectivity index is 2.27. The number of ether oxygens (including phenoxy) is 1. The van der Waals surface area contributed by atoms with Gasteiger partial charge in [0.05, 0.1) is 12.7 Å². The van der Waals surface area contributed by atoms with Crippen molar-refractivity contribution in [2.24, 2.45) is 0 Å². The number of hydrogen-bond acceptors (Lipinski definition) is 3. The van der Waals surface area contributed by atoms with Crippen LogP contribution in [-0.2, 0) is 4.74 Å². The molecular formula is C8H13ClN2O. The molecule has 0 aliphatic carbocycles. The molecule has 0 aromatic carbocycles.